The number of alkyl halides is 3. The van der Waals surface area contributed by atoms with E-state index in [9.17, 15) is 22.8 Å². The van der Waals surface area contributed by atoms with Crippen LogP contribution in [0.5, 0.6) is 0 Å². The highest BCUT2D eigenvalue weighted by atomic mass is 19.4. The maximum atomic E-state index is 13.0. The molecule has 0 spiro atoms. The van der Waals surface area contributed by atoms with Gasteiger partial charge in [0.05, 0.1) is 23.4 Å². The average molecular weight is 435 g/mol. The number of amides is 1. The number of hydrogen-bond acceptors (Lipinski definition) is 5. The van der Waals surface area contributed by atoms with Gasteiger partial charge in [-0.25, -0.2) is 9.20 Å². The van der Waals surface area contributed by atoms with E-state index in [1.54, 1.807) is 30.2 Å². The van der Waals surface area contributed by atoms with E-state index in [0.717, 1.165) is 0 Å². The Labute approximate surface area is 174 Å². The van der Waals surface area contributed by atoms with Crippen molar-refractivity contribution in [1.29, 1.82) is 0 Å². The van der Waals surface area contributed by atoms with Gasteiger partial charge in [0.2, 0.25) is 5.95 Å². The second kappa shape index (κ2) is 6.94. The van der Waals surface area contributed by atoms with Crippen LogP contribution in [0.15, 0.2) is 29.3 Å². The highest BCUT2D eigenvalue weighted by Gasteiger charge is 2.58. The lowest BCUT2D eigenvalue weighted by atomic mass is 10.2. The minimum Gasteiger partial charge on any atom is -0.336 e. The number of aromatic amines is 1. The summed E-state index contributed by atoms with van der Waals surface area (Å²) in [4.78, 5) is 31.3. The first-order valence-corrected chi connectivity index (χ1v) is 9.97. The standard InChI is InChI=1S/C19H20F3N7O2/c1-11-12(10-23-29(11)18-24-16(30)14-3-2-4-28(14)25-18)17(31)27-7-5-26(6-8-27)15-9-13(15)19(20,21)22/h2-4,10,13,15H,5-9H2,1H3,(H,24,25,30). The van der Waals surface area contributed by atoms with Crippen LogP contribution in [0.2, 0.25) is 0 Å². The summed E-state index contributed by atoms with van der Waals surface area (Å²) in [5.41, 5.74) is 0.946. The fourth-order valence-electron chi connectivity index (χ4n) is 4.22. The number of piperazine rings is 1. The number of nitrogens with zero attached hydrogens (tertiary/aromatic N) is 6. The Bertz CT molecular complexity index is 1200. The minimum atomic E-state index is -4.15. The van der Waals surface area contributed by atoms with Gasteiger partial charge in [-0.15, -0.1) is 5.10 Å². The van der Waals surface area contributed by atoms with Crippen LogP contribution in [-0.4, -0.2) is 78.5 Å². The zero-order chi connectivity index (χ0) is 21.9. The predicted octanol–water partition coefficient (Wildman–Crippen LogP) is 1.23. The second-order valence-corrected chi connectivity index (χ2v) is 7.95. The van der Waals surface area contributed by atoms with Crippen molar-refractivity contribution in [3.8, 4) is 5.95 Å². The Balaban J connectivity index is 1.30. The number of rotatable bonds is 3. The van der Waals surface area contributed by atoms with Crippen LogP contribution in [0, 0.1) is 12.8 Å². The molecule has 1 N–H and O–H groups in total. The summed E-state index contributed by atoms with van der Waals surface area (Å²) in [5, 5.41) is 8.53. The molecule has 1 aliphatic carbocycles. The number of fused-ring (bicyclic) bond motifs is 1. The molecule has 2 unspecified atom stereocenters. The Morgan fingerprint density at radius 2 is 1.97 bits per heavy atom. The molecule has 3 aromatic heterocycles. The van der Waals surface area contributed by atoms with Crippen LogP contribution < -0.4 is 5.56 Å². The number of halogens is 3. The molecule has 3 aromatic rings. The van der Waals surface area contributed by atoms with Gasteiger partial charge in [-0.3, -0.25) is 19.5 Å². The summed E-state index contributed by atoms with van der Waals surface area (Å²) in [6, 6.07) is 2.87. The number of nitrogens with one attached hydrogen (secondary N) is 1. The molecule has 9 nitrogen and oxygen atoms in total. The van der Waals surface area contributed by atoms with Crippen molar-refractivity contribution >= 4 is 11.4 Å². The van der Waals surface area contributed by atoms with E-state index in [1.165, 1.54) is 15.4 Å². The van der Waals surface area contributed by atoms with Crippen molar-refractivity contribution in [3.63, 3.8) is 0 Å². The second-order valence-electron chi connectivity index (χ2n) is 7.95. The molecule has 4 heterocycles. The zero-order valence-electron chi connectivity index (χ0n) is 16.6. The van der Waals surface area contributed by atoms with Gasteiger partial charge >= 0.3 is 6.18 Å². The fraction of sp³-hybridized carbons (Fsp3) is 0.474. The molecule has 164 valence electrons. The van der Waals surface area contributed by atoms with Gasteiger partial charge in [-0.05, 0) is 25.5 Å². The molecule has 12 heteroatoms. The molecule has 2 atom stereocenters. The van der Waals surface area contributed by atoms with Gasteiger partial charge in [0.15, 0.2) is 0 Å². The molecule has 1 saturated carbocycles. The fourth-order valence-corrected chi connectivity index (χ4v) is 4.22. The summed E-state index contributed by atoms with van der Waals surface area (Å²) in [6.07, 6.45) is -0.950. The Morgan fingerprint density at radius 3 is 2.65 bits per heavy atom. The van der Waals surface area contributed by atoms with E-state index >= 15 is 0 Å². The predicted molar refractivity (Wildman–Crippen MR) is 103 cm³/mol. The molecule has 0 aromatic carbocycles. The van der Waals surface area contributed by atoms with E-state index in [2.05, 4.69) is 15.2 Å². The lowest BCUT2D eigenvalue weighted by Gasteiger charge is -2.35. The molecular weight excluding hydrogens is 415 g/mol. The van der Waals surface area contributed by atoms with E-state index in [-0.39, 0.29) is 23.8 Å². The average Bonchev–Trinajstić information content (AvgIpc) is 3.26. The van der Waals surface area contributed by atoms with Crippen molar-refractivity contribution in [1.82, 2.24) is 34.2 Å². The first-order valence-electron chi connectivity index (χ1n) is 9.97. The van der Waals surface area contributed by atoms with E-state index in [4.69, 9.17) is 0 Å². The van der Waals surface area contributed by atoms with Crippen LogP contribution in [0.25, 0.3) is 11.5 Å². The SMILES string of the molecule is Cc1c(C(=O)N2CCN(C3CC3C(F)(F)F)CC2)cnn1-c1nn2cccc2c(=O)[nH]1. The Hall–Kier alpha value is -3.15. The van der Waals surface area contributed by atoms with Gasteiger partial charge in [-0.1, -0.05) is 0 Å². The first kappa shape index (κ1) is 19.8. The molecule has 1 saturated heterocycles. The monoisotopic (exact) mass is 435 g/mol. The van der Waals surface area contributed by atoms with Crippen molar-refractivity contribution in [2.45, 2.75) is 25.6 Å². The van der Waals surface area contributed by atoms with Gasteiger partial charge < -0.3 is 4.90 Å². The molecule has 1 aliphatic heterocycles. The van der Waals surface area contributed by atoms with Crippen molar-refractivity contribution in [2.75, 3.05) is 26.2 Å². The topological polar surface area (TPSA) is 91.5 Å². The molecule has 31 heavy (non-hydrogen) atoms. The van der Waals surface area contributed by atoms with Gasteiger partial charge in [0.25, 0.3) is 11.5 Å². The lowest BCUT2D eigenvalue weighted by molar-refractivity contribution is -0.152. The van der Waals surface area contributed by atoms with Crippen LogP contribution >= 0.6 is 0 Å². The number of carbonyl (C=O) groups is 1. The summed E-state index contributed by atoms with van der Waals surface area (Å²) in [5.74, 6) is -1.31. The van der Waals surface area contributed by atoms with Crippen LogP contribution in [-0.2, 0) is 0 Å². The van der Waals surface area contributed by atoms with Crippen molar-refractivity contribution < 1.29 is 18.0 Å². The van der Waals surface area contributed by atoms with Crippen LogP contribution in [0.3, 0.4) is 0 Å². The number of aromatic nitrogens is 5. The molecule has 2 aliphatic rings. The Morgan fingerprint density at radius 1 is 1.23 bits per heavy atom. The highest BCUT2D eigenvalue weighted by molar-refractivity contribution is 5.95. The third kappa shape index (κ3) is 3.40. The van der Waals surface area contributed by atoms with E-state index < -0.39 is 18.1 Å². The summed E-state index contributed by atoms with van der Waals surface area (Å²) in [7, 11) is 0. The third-order valence-corrected chi connectivity index (χ3v) is 6.08. The highest BCUT2D eigenvalue weighted by Crippen LogP contribution is 2.47. The Kier molecular flexibility index (Phi) is 4.43. The summed E-state index contributed by atoms with van der Waals surface area (Å²) < 4.78 is 41.3. The maximum absolute atomic E-state index is 13.0. The van der Waals surface area contributed by atoms with Gasteiger partial charge in [-0.2, -0.15) is 18.3 Å². The van der Waals surface area contributed by atoms with E-state index in [1.807, 2.05) is 4.90 Å². The summed E-state index contributed by atoms with van der Waals surface area (Å²) >= 11 is 0. The molecule has 1 amide bonds. The van der Waals surface area contributed by atoms with Gasteiger partial charge in [0.1, 0.15) is 5.52 Å². The van der Waals surface area contributed by atoms with Gasteiger partial charge in [0, 0.05) is 38.4 Å². The number of hydrogen-bond donors (Lipinski definition) is 1. The molecule has 2 fully saturated rings. The molecule has 5 rings (SSSR count). The third-order valence-electron chi connectivity index (χ3n) is 6.08. The quantitative estimate of drug-likeness (QED) is 0.668. The van der Waals surface area contributed by atoms with Crippen molar-refractivity contribution in [3.05, 3.63) is 46.1 Å². The normalized spacial score (nSPS) is 22.3. The molecular formula is C19H20F3N7O2. The largest absolute Gasteiger partial charge is 0.393 e. The minimum absolute atomic E-state index is 0.139. The van der Waals surface area contributed by atoms with E-state index in [0.29, 0.717) is 43.0 Å². The number of carbonyl (C=O) groups excluding carboxylic acids is 1. The van der Waals surface area contributed by atoms with Crippen LogP contribution in [0.1, 0.15) is 22.5 Å². The molecule has 0 radical (unpaired) electrons. The molecule has 0 bridgehead atoms. The van der Waals surface area contributed by atoms with Crippen LogP contribution in [0.4, 0.5) is 13.2 Å². The maximum Gasteiger partial charge on any atom is 0.393 e. The first-order chi connectivity index (χ1) is 14.7. The zero-order valence-corrected chi connectivity index (χ0v) is 16.6. The number of H-pyrrole nitrogens is 1. The smallest absolute Gasteiger partial charge is 0.336 e. The summed E-state index contributed by atoms with van der Waals surface area (Å²) in [6.45, 7) is 3.24. The van der Waals surface area contributed by atoms with Crippen molar-refractivity contribution in [2.24, 2.45) is 5.92 Å². The lowest BCUT2D eigenvalue weighted by Crippen LogP contribution is -2.50.